The molecule has 0 aliphatic rings. The number of hydrogen-bond acceptors (Lipinski definition) is 3. The highest BCUT2D eigenvalue weighted by atomic mass is 16.4. The largest absolute Gasteiger partial charge is 0.478 e. The number of anilines is 2. The third kappa shape index (κ3) is 4.79. The van der Waals surface area contributed by atoms with Crippen molar-refractivity contribution in [1.29, 1.82) is 0 Å². The molecule has 21 heavy (non-hydrogen) atoms. The van der Waals surface area contributed by atoms with Crippen LogP contribution in [0.2, 0.25) is 0 Å². The van der Waals surface area contributed by atoms with Gasteiger partial charge in [0.05, 0.1) is 5.69 Å². The fourth-order valence-electron chi connectivity index (χ4n) is 1.57. The van der Waals surface area contributed by atoms with Crippen LogP contribution in [-0.2, 0) is 4.79 Å². The zero-order valence-corrected chi connectivity index (χ0v) is 11.0. The number of hydrogen-bond donors (Lipinski definition) is 3. The number of pyridine rings is 1. The van der Waals surface area contributed by atoms with Crippen molar-refractivity contribution in [3.05, 3.63) is 60.3 Å². The van der Waals surface area contributed by atoms with Crippen LogP contribution >= 0.6 is 0 Å². The number of carbonyl (C=O) groups is 2. The number of carboxylic acid groups (broad SMARTS) is 1. The standard InChI is InChI=1S/C15H13N3O3/c19-14(20)10-9-12-7-4-8-13(16-12)18-15(21)17-11-5-2-1-3-6-11/h1-10H,(H,19,20)(H2,16,17,18,21). The molecule has 6 nitrogen and oxygen atoms in total. The predicted octanol–water partition coefficient (Wildman–Crippen LogP) is 2.82. The van der Waals surface area contributed by atoms with E-state index in [2.05, 4.69) is 15.6 Å². The van der Waals surface area contributed by atoms with Crippen LogP contribution in [0, 0.1) is 0 Å². The van der Waals surface area contributed by atoms with Crippen molar-refractivity contribution in [2.75, 3.05) is 10.6 Å². The number of amides is 2. The molecule has 0 atom stereocenters. The highest BCUT2D eigenvalue weighted by molar-refractivity contribution is 5.99. The smallest absolute Gasteiger partial charge is 0.328 e. The zero-order chi connectivity index (χ0) is 15.1. The van der Waals surface area contributed by atoms with Gasteiger partial charge in [-0.3, -0.25) is 5.32 Å². The predicted molar refractivity (Wildman–Crippen MR) is 80.0 cm³/mol. The molecule has 3 N–H and O–H groups in total. The van der Waals surface area contributed by atoms with Gasteiger partial charge in [-0.25, -0.2) is 14.6 Å². The quantitative estimate of drug-likeness (QED) is 0.752. The van der Waals surface area contributed by atoms with E-state index in [9.17, 15) is 9.59 Å². The average molecular weight is 283 g/mol. The van der Waals surface area contributed by atoms with E-state index in [1.54, 1.807) is 30.3 Å². The van der Waals surface area contributed by atoms with Crippen LogP contribution in [0.5, 0.6) is 0 Å². The van der Waals surface area contributed by atoms with Gasteiger partial charge in [0, 0.05) is 11.8 Å². The molecule has 0 radical (unpaired) electrons. The van der Waals surface area contributed by atoms with Gasteiger partial charge in [-0.2, -0.15) is 0 Å². The summed E-state index contributed by atoms with van der Waals surface area (Å²) in [6.07, 6.45) is 2.33. The van der Waals surface area contributed by atoms with Crippen LogP contribution in [0.4, 0.5) is 16.3 Å². The second kappa shape index (κ2) is 6.85. The van der Waals surface area contributed by atoms with Crippen LogP contribution in [0.25, 0.3) is 6.08 Å². The van der Waals surface area contributed by atoms with Crippen LogP contribution in [0.15, 0.2) is 54.6 Å². The first-order chi connectivity index (χ1) is 10.1. The van der Waals surface area contributed by atoms with E-state index in [0.29, 0.717) is 17.2 Å². The lowest BCUT2D eigenvalue weighted by Crippen LogP contribution is -2.20. The van der Waals surface area contributed by atoms with Gasteiger partial charge in [-0.15, -0.1) is 0 Å². The number of carboxylic acids is 1. The van der Waals surface area contributed by atoms with E-state index >= 15 is 0 Å². The molecule has 1 aromatic carbocycles. The van der Waals surface area contributed by atoms with Gasteiger partial charge in [0.25, 0.3) is 0 Å². The lowest BCUT2D eigenvalue weighted by Gasteiger charge is -2.07. The number of nitrogens with one attached hydrogen (secondary N) is 2. The van der Waals surface area contributed by atoms with Gasteiger partial charge in [0.15, 0.2) is 0 Å². The summed E-state index contributed by atoms with van der Waals surface area (Å²) in [5.41, 5.74) is 1.10. The van der Waals surface area contributed by atoms with Gasteiger partial charge < -0.3 is 10.4 Å². The van der Waals surface area contributed by atoms with Gasteiger partial charge in [-0.05, 0) is 30.3 Å². The Kier molecular flexibility index (Phi) is 4.66. The Morgan fingerprint density at radius 3 is 2.48 bits per heavy atom. The molecule has 1 heterocycles. The first-order valence-corrected chi connectivity index (χ1v) is 6.14. The molecule has 2 amide bonds. The summed E-state index contributed by atoms with van der Waals surface area (Å²) in [4.78, 5) is 26.3. The van der Waals surface area contributed by atoms with E-state index in [0.717, 1.165) is 6.08 Å². The molecule has 0 saturated heterocycles. The zero-order valence-electron chi connectivity index (χ0n) is 11.0. The fraction of sp³-hybridized carbons (Fsp3) is 0. The van der Waals surface area contributed by atoms with Crippen molar-refractivity contribution in [3.63, 3.8) is 0 Å². The van der Waals surface area contributed by atoms with Crippen LogP contribution in [0.3, 0.4) is 0 Å². The summed E-state index contributed by atoms with van der Waals surface area (Å²) in [5, 5.41) is 13.8. The van der Waals surface area contributed by atoms with E-state index in [4.69, 9.17) is 5.11 Å². The van der Waals surface area contributed by atoms with Crippen LogP contribution < -0.4 is 10.6 Å². The lowest BCUT2D eigenvalue weighted by molar-refractivity contribution is -0.131. The molecule has 0 bridgehead atoms. The van der Waals surface area contributed by atoms with E-state index in [-0.39, 0.29) is 0 Å². The van der Waals surface area contributed by atoms with Crippen molar-refractivity contribution in [2.24, 2.45) is 0 Å². The number of aromatic nitrogens is 1. The van der Waals surface area contributed by atoms with Gasteiger partial charge >= 0.3 is 12.0 Å². The van der Waals surface area contributed by atoms with E-state index in [1.165, 1.54) is 6.08 Å². The Morgan fingerprint density at radius 2 is 1.76 bits per heavy atom. The minimum Gasteiger partial charge on any atom is -0.478 e. The van der Waals surface area contributed by atoms with Gasteiger partial charge in [0.2, 0.25) is 0 Å². The highest BCUT2D eigenvalue weighted by Crippen LogP contribution is 2.09. The summed E-state index contributed by atoms with van der Waals surface area (Å²) >= 11 is 0. The molecule has 2 aromatic rings. The molecule has 0 saturated carbocycles. The van der Waals surface area contributed by atoms with Crippen molar-refractivity contribution >= 4 is 29.6 Å². The van der Waals surface area contributed by atoms with Crippen molar-refractivity contribution in [2.45, 2.75) is 0 Å². The number of benzene rings is 1. The normalized spacial score (nSPS) is 10.3. The molecular weight excluding hydrogens is 270 g/mol. The van der Waals surface area contributed by atoms with Gasteiger partial charge in [-0.1, -0.05) is 24.3 Å². The molecule has 0 unspecified atom stereocenters. The SMILES string of the molecule is O=C(O)C=Cc1cccc(NC(=O)Nc2ccccc2)n1. The Balaban J connectivity index is 2.01. The summed E-state index contributed by atoms with van der Waals surface area (Å²) in [7, 11) is 0. The molecule has 1 aromatic heterocycles. The van der Waals surface area contributed by atoms with Crippen molar-refractivity contribution in [1.82, 2.24) is 4.98 Å². The second-order valence-corrected chi connectivity index (χ2v) is 4.06. The maximum atomic E-state index is 11.8. The summed E-state index contributed by atoms with van der Waals surface area (Å²) in [6.45, 7) is 0. The molecule has 106 valence electrons. The number of nitrogens with zero attached hydrogens (tertiary/aromatic N) is 1. The maximum absolute atomic E-state index is 11.8. The molecule has 0 aliphatic heterocycles. The number of rotatable bonds is 4. The molecule has 6 heteroatoms. The van der Waals surface area contributed by atoms with Crippen molar-refractivity contribution in [3.8, 4) is 0 Å². The minimum absolute atomic E-state index is 0.330. The first-order valence-electron chi connectivity index (χ1n) is 6.14. The minimum atomic E-state index is -1.06. The monoisotopic (exact) mass is 283 g/mol. The van der Waals surface area contributed by atoms with E-state index in [1.807, 2.05) is 18.2 Å². The second-order valence-electron chi connectivity index (χ2n) is 4.06. The molecule has 0 aliphatic carbocycles. The van der Waals surface area contributed by atoms with E-state index < -0.39 is 12.0 Å². The maximum Gasteiger partial charge on any atom is 0.328 e. The fourth-order valence-corrected chi connectivity index (χ4v) is 1.57. The molecule has 0 fully saturated rings. The van der Waals surface area contributed by atoms with Crippen LogP contribution in [0.1, 0.15) is 5.69 Å². The average Bonchev–Trinajstić information content (AvgIpc) is 2.46. The molecule has 2 rings (SSSR count). The summed E-state index contributed by atoms with van der Waals surface area (Å²) < 4.78 is 0. The third-order valence-electron chi connectivity index (χ3n) is 2.44. The topological polar surface area (TPSA) is 91.3 Å². The summed E-state index contributed by atoms with van der Waals surface area (Å²) in [6, 6.07) is 13.5. The number of carbonyl (C=O) groups excluding carboxylic acids is 1. The Hall–Kier alpha value is -3.15. The van der Waals surface area contributed by atoms with Crippen molar-refractivity contribution < 1.29 is 14.7 Å². The molecular formula is C15H13N3O3. The first kappa shape index (κ1) is 14.3. The Bertz CT molecular complexity index is 669. The summed E-state index contributed by atoms with van der Waals surface area (Å²) in [5.74, 6) is -0.729. The Morgan fingerprint density at radius 1 is 1.00 bits per heavy atom. The van der Waals surface area contributed by atoms with Gasteiger partial charge in [0.1, 0.15) is 5.82 Å². The van der Waals surface area contributed by atoms with Crippen LogP contribution in [-0.4, -0.2) is 22.1 Å². The lowest BCUT2D eigenvalue weighted by atomic mass is 10.3. The number of aliphatic carboxylic acids is 1. The Labute approximate surface area is 121 Å². The number of para-hydroxylation sites is 1. The highest BCUT2D eigenvalue weighted by Gasteiger charge is 2.03. The number of urea groups is 1. The molecule has 0 spiro atoms. The third-order valence-corrected chi connectivity index (χ3v) is 2.44.